The third kappa shape index (κ3) is 4.49. The molecule has 1 saturated heterocycles. The first kappa shape index (κ1) is 17.3. The molecule has 0 unspecified atom stereocenters. The predicted octanol–water partition coefficient (Wildman–Crippen LogP) is 1.25. The number of carbonyl (C=O) groups is 1. The first-order valence-electron chi connectivity index (χ1n) is 7.87. The molecule has 0 aliphatic carbocycles. The molecular formula is C15H26N4O2S. The Balaban J connectivity index is 1.91. The van der Waals surface area contributed by atoms with Crippen LogP contribution in [0.1, 0.15) is 27.2 Å². The number of carbonyl (C=O) groups excluding carboxylic acids is 1. The predicted molar refractivity (Wildman–Crippen MR) is 89.1 cm³/mol. The molecule has 1 amide bonds. The summed E-state index contributed by atoms with van der Waals surface area (Å²) in [4.78, 5) is 21.0. The van der Waals surface area contributed by atoms with E-state index in [-0.39, 0.29) is 18.1 Å². The lowest BCUT2D eigenvalue weighted by atomic mass is 10.1. The maximum absolute atomic E-state index is 12.3. The van der Waals surface area contributed by atoms with E-state index in [1.165, 1.54) is 11.3 Å². The summed E-state index contributed by atoms with van der Waals surface area (Å²) >= 11 is 1.43. The SMILES string of the molecule is CC[C@@H]1CN([C@H](C)C(=O)Nc2nccs2)CCN1C[C@@H](C)O. The van der Waals surface area contributed by atoms with E-state index >= 15 is 0 Å². The Hall–Kier alpha value is -1.02. The molecule has 2 N–H and O–H groups in total. The summed E-state index contributed by atoms with van der Waals surface area (Å²) in [5.41, 5.74) is 0. The van der Waals surface area contributed by atoms with Gasteiger partial charge in [0.15, 0.2) is 5.13 Å². The van der Waals surface area contributed by atoms with Crippen LogP contribution in [0.15, 0.2) is 11.6 Å². The molecule has 3 atom stereocenters. The number of anilines is 1. The van der Waals surface area contributed by atoms with Gasteiger partial charge in [-0.3, -0.25) is 14.6 Å². The van der Waals surface area contributed by atoms with Gasteiger partial charge in [0.1, 0.15) is 0 Å². The first-order chi connectivity index (χ1) is 10.5. The molecular weight excluding hydrogens is 300 g/mol. The Morgan fingerprint density at radius 3 is 2.91 bits per heavy atom. The number of piperazine rings is 1. The van der Waals surface area contributed by atoms with Gasteiger partial charge in [0.05, 0.1) is 12.1 Å². The molecule has 0 aromatic carbocycles. The van der Waals surface area contributed by atoms with Gasteiger partial charge in [-0.15, -0.1) is 11.3 Å². The topological polar surface area (TPSA) is 68.7 Å². The van der Waals surface area contributed by atoms with Crippen molar-refractivity contribution < 1.29 is 9.90 Å². The number of hydrogen-bond acceptors (Lipinski definition) is 6. The maximum atomic E-state index is 12.3. The molecule has 2 rings (SSSR count). The zero-order chi connectivity index (χ0) is 16.1. The molecule has 2 heterocycles. The van der Waals surface area contributed by atoms with E-state index in [2.05, 4.69) is 27.0 Å². The van der Waals surface area contributed by atoms with Crippen molar-refractivity contribution in [3.63, 3.8) is 0 Å². The Bertz CT molecular complexity index is 466. The number of aliphatic hydroxyl groups is 1. The van der Waals surface area contributed by atoms with Crippen molar-refractivity contribution in [2.75, 3.05) is 31.5 Å². The average Bonchev–Trinajstić information content (AvgIpc) is 2.99. The van der Waals surface area contributed by atoms with Crippen molar-refractivity contribution >= 4 is 22.4 Å². The van der Waals surface area contributed by atoms with Crippen molar-refractivity contribution in [1.82, 2.24) is 14.8 Å². The normalized spacial score (nSPS) is 23.2. The van der Waals surface area contributed by atoms with E-state index in [4.69, 9.17) is 0 Å². The number of nitrogens with one attached hydrogen (secondary N) is 1. The largest absolute Gasteiger partial charge is 0.392 e. The Morgan fingerprint density at radius 2 is 2.32 bits per heavy atom. The van der Waals surface area contributed by atoms with Crippen LogP contribution in [0.25, 0.3) is 0 Å². The number of thiazole rings is 1. The smallest absolute Gasteiger partial charge is 0.243 e. The number of β-amino-alcohol motifs (C(OH)–C–C–N with tert-alkyl or cyclic N) is 1. The Kier molecular flexibility index (Phi) is 6.31. The average molecular weight is 326 g/mol. The zero-order valence-electron chi connectivity index (χ0n) is 13.5. The van der Waals surface area contributed by atoms with Gasteiger partial charge in [-0.1, -0.05) is 6.92 Å². The summed E-state index contributed by atoms with van der Waals surface area (Å²) in [6.45, 7) is 9.21. The van der Waals surface area contributed by atoms with Crippen LogP contribution in [0.4, 0.5) is 5.13 Å². The number of hydrogen-bond donors (Lipinski definition) is 2. The molecule has 1 aliphatic heterocycles. The van der Waals surface area contributed by atoms with Crippen LogP contribution in [0.5, 0.6) is 0 Å². The monoisotopic (exact) mass is 326 g/mol. The summed E-state index contributed by atoms with van der Waals surface area (Å²) in [6.07, 6.45) is 2.39. The third-order valence-corrected chi connectivity index (χ3v) is 4.88. The van der Waals surface area contributed by atoms with Crippen molar-refractivity contribution in [3.8, 4) is 0 Å². The van der Waals surface area contributed by atoms with Crippen molar-refractivity contribution in [1.29, 1.82) is 0 Å². The first-order valence-corrected chi connectivity index (χ1v) is 8.75. The molecule has 0 radical (unpaired) electrons. The minimum Gasteiger partial charge on any atom is -0.392 e. The van der Waals surface area contributed by atoms with Crippen molar-refractivity contribution in [3.05, 3.63) is 11.6 Å². The highest BCUT2D eigenvalue weighted by Crippen LogP contribution is 2.17. The van der Waals surface area contributed by atoms with Crippen LogP contribution < -0.4 is 5.32 Å². The Labute approximate surface area is 136 Å². The van der Waals surface area contributed by atoms with Gasteiger partial charge in [-0.05, 0) is 20.3 Å². The molecule has 1 aromatic heterocycles. The second kappa shape index (κ2) is 8.01. The van der Waals surface area contributed by atoms with Gasteiger partial charge in [0.25, 0.3) is 0 Å². The number of aromatic nitrogens is 1. The number of rotatable bonds is 6. The van der Waals surface area contributed by atoms with Crippen molar-refractivity contribution in [2.45, 2.75) is 45.4 Å². The zero-order valence-corrected chi connectivity index (χ0v) is 14.3. The molecule has 7 heteroatoms. The highest BCUT2D eigenvalue weighted by molar-refractivity contribution is 7.13. The van der Waals surface area contributed by atoms with Gasteiger partial charge >= 0.3 is 0 Å². The lowest BCUT2D eigenvalue weighted by Gasteiger charge is -2.43. The van der Waals surface area contributed by atoms with E-state index in [0.717, 1.165) is 26.1 Å². The summed E-state index contributed by atoms with van der Waals surface area (Å²) in [6, 6.07) is 0.213. The number of amides is 1. The minimum absolute atomic E-state index is 0.00576. The van der Waals surface area contributed by atoms with Crippen LogP contribution in [-0.2, 0) is 4.79 Å². The summed E-state index contributed by atoms with van der Waals surface area (Å²) in [5.74, 6) is -0.00576. The van der Waals surface area contributed by atoms with Crippen molar-refractivity contribution in [2.24, 2.45) is 0 Å². The Morgan fingerprint density at radius 1 is 1.55 bits per heavy atom. The van der Waals surface area contributed by atoms with Crippen LogP contribution in [0.2, 0.25) is 0 Å². The summed E-state index contributed by atoms with van der Waals surface area (Å²) < 4.78 is 0. The standard InChI is InChI=1S/C15H26N4O2S/c1-4-13-10-18(6-7-19(13)9-11(2)20)12(3)14(21)17-15-16-5-8-22-15/h5,8,11-13,20H,4,6-7,9-10H2,1-3H3,(H,16,17,21)/t11-,12-,13-/m1/s1. The van der Waals surface area contributed by atoms with Gasteiger partial charge in [0, 0.05) is 43.8 Å². The van der Waals surface area contributed by atoms with Crippen LogP contribution in [0.3, 0.4) is 0 Å². The molecule has 1 aromatic rings. The fraction of sp³-hybridized carbons (Fsp3) is 0.733. The molecule has 0 bridgehead atoms. The fourth-order valence-corrected chi connectivity index (χ4v) is 3.43. The van der Waals surface area contributed by atoms with E-state index in [0.29, 0.717) is 17.7 Å². The molecule has 6 nitrogen and oxygen atoms in total. The lowest BCUT2D eigenvalue weighted by Crippen LogP contribution is -2.58. The van der Waals surface area contributed by atoms with Gasteiger partial charge < -0.3 is 10.4 Å². The molecule has 0 saturated carbocycles. The summed E-state index contributed by atoms with van der Waals surface area (Å²) in [7, 11) is 0. The van der Waals surface area contributed by atoms with Crippen LogP contribution in [-0.4, -0.2) is 70.2 Å². The van der Waals surface area contributed by atoms with E-state index in [1.807, 2.05) is 19.2 Å². The van der Waals surface area contributed by atoms with Crippen LogP contribution >= 0.6 is 11.3 Å². The molecule has 1 fully saturated rings. The minimum atomic E-state index is -0.314. The number of aliphatic hydroxyl groups excluding tert-OH is 1. The van der Waals surface area contributed by atoms with Gasteiger partial charge in [-0.2, -0.15) is 0 Å². The second-order valence-corrected chi connectivity index (χ2v) is 6.80. The quantitative estimate of drug-likeness (QED) is 0.823. The summed E-state index contributed by atoms with van der Waals surface area (Å²) in [5, 5.41) is 15.0. The molecule has 124 valence electrons. The fourth-order valence-electron chi connectivity index (χ4n) is 2.90. The third-order valence-electron chi connectivity index (χ3n) is 4.20. The number of nitrogens with zero attached hydrogens (tertiary/aromatic N) is 3. The van der Waals surface area contributed by atoms with E-state index in [1.54, 1.807) is 6.20 Å². The van der Waals surface area contributed by atoms with Crippen LogP contribution in [0, 0.1) is 0 Å². The molecule has 1 aliphatic rings. The highest BCUT2D eigenvalue weighted by Gasteiger charge is 2.31. The van der Waals surface area contributed by atoms with Gasteiger partial charge in [-0.25, -0.2) is 4.98 Å². The van der Waals surface area contributed by atoms with Gasteiger partial charge in [0.2, 0.25) is 5.91 Å². The highest BCUT2D eigenvalue weighted by atomic mass is 32.1. The molecule has 22 heavy (non-hydrogen) atoms. The van der Waals surface area contributed by atoms with E-state index < -0.39 is 0 Å². The lowest BCUT2D eigenvalue weighted by molar-refractivity contribution is -0.122. The van der Waals surface area contributed by atoms with E-state index in [9.17, 15) is 9.90 Å². The maximum Gasteiger partial charge on any atom is 0.243 e. The molecule has 0 spiro atoms. The second-order valence-electron chi connectivity index (χ2n) is 5.90.